The Morgan fingerprint density at radius 1 is 1.09 bits per heavy atom. The van der Waals surface area contributed by atoms with Gasteiger partial charge in [0.2, 0.25) is 6.79 Å². The summed E-state index contributed by atoms with van der Waals surface area (Å²) in [6, 6.07) is 8.03. The van der Waals surface area contributed by atoms with Gasteiger partial charge in [-0.05, 0) is 62.2 Å². The van der Waals surface area contributed by atoms with E-state index in [0.29, 0.717) is 37.3 Å². The highest BCUT2D eigenvalue weighted by Gasteiger charge is 2.19. The van der Waals surface area contributed by atoms with Crippen LogP contribution in [-0.4, -0.2) is 18.6 Å². The zero-order chi connectivity index (χ0) is 16.6. The van der Waals surface area contributed by atoms with Gasteiger partial charge in [0.1, 0.15) is 5.84 Å². The van der Waals surface area contributed by atoms with Crippen LogP contribution in [0, 0.1) is 5.41 Å². The van der Waals surface area contributed by atoms with Gasteiger partial charge in [0.05, 0.1) is 14.5 Å². The van der Waals surface area contributed by atoms with E-state index in [4.69, 9.17) is 25.4 Å². The van der Waals surface area contributed by atoms with Crippen molar-refractivity contribution in [2.24, 2.45) is 5.73 Å². The summed E-state index contributed by atoms with van der Waals surface area (Å²) in [5.41, 5.74) is 6.30. The second-order valence-corrected chi connectivity index (χ2v) is 6.35. The van der Waals surface area contributed by atoms with Gasteiger partial charge in [-0.2, -0.15) is 0 Å². The summed E-state index contributed by atoms with van der Waals surface area (Å²) in [6.45, 7) is 0.136. The molecule has 0 spiro atoms. The number of esters is 1. The molecule has 0 aromatic heterocycles. The van der Waals surface area contributed by atoms with Gasteiger partial charge < -0.3 is 19.9 Å². The Morgan fingerprint density at radius 3 is 2.39 bits per heavy atom. The molecule has 3 rings (SSSR count). The van der Waals surface area contributed by atoms with E-state index in [9.17, 15) is 4.79 Å². The molecule has 0 fully saturated rings. The smallest absolute Gasteiger partial charge is 0.343 e. The van der Waals surface area contributed by atoms with Gasteiger partial charge in [0.15, 0.2) is 17.2 Å². The summed E-state index contributed by atoms with van der Waals surface area (Å²) in [5, 5.41) is 7.45. The summed E-state index contributed by atoms with van der Waals surface area (Å²) in [7, 11) is 0. The van der Waals surface area contributed by atoms with Gasteiger partial charge in [0, 0.05) is 5.56 Å². The summed E-state index contributed by atoms with van der Waals surface area (Å²) < 4.78 is 16.9. The second kappa shape index (κ2) is 6.21. The van der Waals surface area contributed by atoms with Crippen molar-refractivity contribution in [1.29, 1.82) is 5.41 Å². The first kappa shape index (κ1) is 15.8. The van der Waals surface area contributed by atoms with Crippen LogP contribution in [0.1, 0.15) is 15.9 Å². The number of hydrogen-bond donors (Lipinski definition) is 2. The number of nitrogens with one attached hydrogen (secondary N) is 1. The van der Waals surface area contributed by atoms with Crippen LogP contribution in [-0.2, 0) is 0 Å². The molecule has 0 saturated heterocycles. The Balaban J connectivity index is 1.87. The van der Waals surface area contributed by atoms with Crippen LogP contribution in [0.2, 0.25) is 0 Å². The number of carbonyl (C=O) groups excluding carboxylic acids is 1. The van der Waals surface area contributed by atoms with E-state index < -0.39 is 5.97 Å². The van der Waals surface area contributed by atoms with E-state index in [0.717, 1.165) is 0 Å². The molecule has 0 amide bonds. The molecule has 118 valence electrons. The summed E-state index contributed by atoms with van der Waals surface area (Å²) in [5.74, 6) is 0.775. The summed E-state index contributed by atoms with van der Waals surface area (Å²) >= 11 is 6.63. The van der Waals surface area contributed by atoms with E-state index >= 15 is 0 Å². The van der Waals surface area contributed by atoms with Crippen molar-refractivity contribution in [3.63, 3.8) is 0 Å². The normalized spacial score (nSPS) is 12.1. The van der Waals surface area contributed by atoms with Crippen LogP contribution in [0.5, 0.6) is 17.2 Å². The number of halogens is 2. The van der Waals surface area contributed by atoms with Crippen LogP contribution < -0.4 is 19.9 Å². The first-order valence-corrected chi connectivity index (χ1v) is 7.99. The van der Waals surface area contributed by atoms with Gasteiger partial charge in [-0.15, -0.1) is 0 Å². The average Bonchev–Trinajstić information content (AvgIpc) is 2.97. The number of nitrogens with two attached hydrogens (primary N) is 1. The van der Waals surface area contributed by atoms with Crippen molar-refractivity contribution in [3.05, 3.63) is 50.4 Å². The molecule has 0 atom stereocenters. The van der Waals surface area contributed by atoms with Crippen molar-refractivity contribution in [2.45, 2.75) is 0 Å². The van der Waals surface area contributed by atoms with Gasteiger partial charge in [0.25, 0.3) is 0 Å². The number of hydrogen-bond acceptors (Lipinski definition) is 5. The van der Waals surface area contributed by atoms with E-state index in [2.05, 4.69) is 31.9 Å². The molecule has 0 bridgehead atoms. The predicted molar refractivity (Wildman–Crippen MR) is 90.4 cm³/mol. The Kier molecular flexibility index (Phi) is 4.27. The lowest BCUT2D eigenvalue weighted by atomic mass is 10.2. The second-order valence-electron chi connectivity index (χ2n) is 4.64. The molecule has 0 saturated carbocycles. The van der Waals surface area contributed by atoms with Crippen LogP contribution in [0.3, 0.4) is 0 Å². The van der Waals surface area contributed by atoms with Crippen LogP contribution >= 0.6 is 31.9 Å². The molecule has 2 aromatic rings. The third-order valence-corrected chi connectivity index (χ3v) is 4.29. The van der Waals surface area contributed by atoms with Crippen molar-refractivity contribution in [1.82, 2.24) is 0 Å². The molecule has 23 heavy (non-hydrogen) atoms. The third-order valence-electron chi connectivity index (χ3n) is 3.11. The van der Waals surface area contributed by atoms with Crippen molar-refractivity contribution in [2.75, 3.05) is 6.79 Å². The maximum atomic E-state index is 12.3. The molecule has 0 radical (unpaired) electrons. The minimum atomic E-state index is -0.541. The standard InChI is InChI=1S/C15H10Br2N2O4/c16-9-3-8(14(18)19)4-10(17)13(9)23-15(20)7-1-2-11-12(5-7)22-6-21-11/h1-5H,6H2,(H3,18,19). The van der Waals surface area contributed by atoms with Crippen molar-refractivity contribution < 1.29 is 19.0 Å². The number of benzene rings is 2. The molecular formula is C15H10Br2N2O4. The largest absolute Gasteiger partial charge is 0.454 e. The minimum Gasteiger partial charge on any atom is -0.454 e. The topological polar surface area (TPSA) is 94.6 Å². The highest BCUT2D eigenvalue weighted by molar-refractivity contribution is 9.11. The lowest BCUT2D eigenvalue weighted by Gasteiger charge is -2.11. The van der Waals surface area contributed by atoms with Crippen LogP contribution in [0.25, 0.3) is 0 Å². The molecule has 8 heteroatoms. The van der Waals surface area contributed by atoms with Gasteiger partial charge in [-0.25, -0.2) is 4.79 Å². The number of carbonyl (C=O) groups is 1. The molecule has 3 N–H and O–H groups in total. The Hall–Kier alpha value is -2.06. The van der Waals surface area contributed by atoms with Crippen molar-refractivity contribution >= 4 is 43.7 Å². The van der Waals surface area contributed by atoms with Gasteiger partial charge in [-0.3, -0.25) is 5.41 Å². The fourth-order valence-corrected chi connectivity index (χ4v) is 3.34. The number of rotatable bonds is 3. The molecule has 0 unspecified atom stereocenters. The molecule has 0 aliphatic carbocycles. The Bertz CT molecular complexity index is 800. The zero-order valence-electron chi connectivity index (χ0n) is 11.6. The minimum absolute atomic E-state index is 0.0833. The fourth-order valence-electron chi connectivity index (χ4n) is 1.99. The third kappa shape index (κ3) is 3.18. The summed E-state index contributed by atoms with van der Waals surface area (Å²) in [4.78, 5) is 12.3. The molecule has 1 aliphatic rings. The van der Waals surface area contributed by atoms with Gasteiger partial charge in [-0.1, -0.05) is 0 Å². The lowest BCUT2D eigenvalue weighted by Crippen LogP contribution is -2.13. The van der Waals surface area contributed by atoms with E-state index in [1.807, 2.05) is 0 Å². The molecular weight excluding hydrogens is 432 g/mol. The molecule has 1 heterocycles. The van der Waals surface area contributed by atoms with Crippen LogP contribution in [0.4, 0.5) is 0 Å². The zero-order valence-corrected chi connectivity index (χ0v) is 14.7. The first-order valence-electron chi connectivity index (χ1n) is 6.41. The van der Waals surface area contributed by atoms with Crippen LogP contribution in [0.15, 0.2) is 39.3 Å². The molecule has 6 nitrogen and oxygen atoms in total. The lowest BCUT2D eigenvalue weighted by molar-refractivity contribution is 0.0732. The SMILES string of the molecule is N=C(N)c1cc(Br)c(OC(=O)c2ccc3c(c2)OCO3)c(Br)c1. The summed E-state index contributed by atoms with van der Waals surface area (Å²) in [6.07, 6.45) is 0. The molecule has 2 aromatic carbocycles. The van der Waals surface area contributed by atoms with Crippen molar-refractivity contribution in [3.8, 4) is 17.2 Å². The predicted octanol–water partition coefficient (Wildman–Crippen LogP) is 3.44. The monoisotopic (exact) mass is 440 g/mol. The number of amidine groups is 1. The van der Waals surface area contributed by atoms with E-state index in [-0.39, 0.29) is 12.6 Å². The maximum absolute atomic E-state index is 12.3. The maximum Gasteiger partial charge on any atom is 0.343 e. The van der Waals surface area contributed by atoms with Gasteiger partial charge >= 0.3 is 5.97 Å². The average molecular weight is 442 g/mol. The number of nitrogen functional groups attached to an aromatic ring is 1. The Morgan fingerprint density at radius 2 is 1.74 bits per heavy atom. The van der Waals surface area contributed by atoms with E-state index in [1.165, 1.54) is 0 Å². The highest BCUT2D eigenvalue weighted by Crippen LogP contribution is 2.36. The quantitative estimate of drug-likeness (QED) is 0.329. The fraction of sp³-hybridized carbons (Fsp3) is 0.0667. The number of ether oxygens (including phenoxy) is 3. The van der Waals surface area contributed by atoms with E-state index in [1.54, 1.807) is 30.3 Å². The first-order chi connectivity index (χ1) is 11.0. The number of fused-ring (bicyclic) bond motifs is 1. The molecule has 1 aliphatic heterocycles. The Labute approximate surface area is 148 Å². The highest BCUT2D eigenvalue weighted by atomic mass is 79.9.